The topological polar surface area (TPSA) is 34.1 Å². The molecule has 2 heteroatoms. The maximum absolute atomic E-state index is 13.0. The molecule has 0 radical (unpaired) electrons. The first-order chi connectivity index (χ1) is 13.6. The Bertz CT molecular complexity index is 994. The third-order valence-electron chi connectivity index (χ3n) is 6.55. The summed E-state index contributed by atoms with van der Waals surface area (Å²) in [4.78, 5) is 25.6. The van der Waals surface area contributed by atoms with Crippen LogP contribution in [0.15, 0.2) is 42.5 Å². The summed E-state index contributed by atoms with van der Waals surface area (Å²) >= 11 is 0. The van der Waals surface area contributed by atoms with Gasteiger partial charge in [-0.25, -0.2) is 0 Å². The predicted octanol–water partition coefficient (Wildman–Crippen LogP) is 7.13. The molecule has 0 amide bonds. The number of carbonyl (C=O) groups is 2. The second kappa shape index (κ2) is 6.90. The van der Waals surface area contributed by atoms with Gasteiger partial charge < -0.3 is 0 Å². The average Bonchev–Trinajstić information content (AvgIpc) is 2.85. The molecular weight excluding hydrogens is 368 g/mol. The van der Waals surface area contributed by atoms with Crippen LogP contribution in [0.4, 0.5) is 0 Å². The highest BCUT2D eigenvalue weighted by Crippen LogP contribution is 2.53. The summed E-state index contributed by atoms with van der Waals surface area (Å²) in [7, 11) is 0. The fraction of sp³-hybridized carbons (Fsp3) is 0.500. The maximum Gasteiger partial charge on any atom is 0.168 e. The number of rotatable bonds is 3. The SMILES string of the molecule is CC(C)(C)C(=O)c1ccc(C2(C)CC(C)(C)c3ccc(C(=O)C(C)(C)C)cc32)cc1. The van der Waals surface area contributed by atoms with E-state index in [1.54, 1.807) is 0 Å². The van der Waals surface area contributed by atoms with Crippen LogP contribution < -0.4 is 0 Å². The summed E-state index contributed by atoms with van der Waals surface area (Å²) in [5, 5.41) is 0. The Hall–Kier alpha value is -2.22. The highest BCUT2D eigenvalue weighted by atomic mass is 16.1. The summed E-state index contributed by atoms with van der Waals surface area (Å²) in [6.07, 6.45) is 0.967. The molecule has 1 atom stereocenters. The summed E-state index contributed by atoms with van der Waals surface area (Å²) in [5.74, 6) is 0.327. The normalized spacial score (nSPS) is 20.7. The van der Waals surface area contributed by atoms with Gasteiger partial charge in [0.15, 0.2) is 11.6 Å². The van der Waals surface area contributed by atoms with Gasteiger partial charge in [-0.2, -0.15) is 0 Å². The van der Waals surface area contributed by atoms with Gasteiger partial charge in [0.05, 0.1) is 0 Å². The standard InChI is InChI=1S/C28H36O2/c1-25(2,3)23(29)18-10-13-20(14-11-18)28(9)17-27(7,8)21-15-12-19(16-22(21)28)24(30)26(4,5)6/h10-16H,17H2,1-9H3. The van der Waals surface area contributed by atoms with Gasteiger partial charge in [0.2, 0.25) is 0 Å². The van der Waals surface area contributed by atoms with E-state index in [0.29, 0.717) is 0 Å². The van der Waals surface area contributed by atoms with Crippen molar-refractivity contribution in [1.82, 2.24) is 0 Å². The fourth-order valence-electron chi connectivity index (χ4n) is 4.92. The van der Waals surface area contributed by atoms with Gasteiger partial charge in [0, 0.05) is 27.4 Å². The van der Waals surface area contributed by atoms with E-state index in [0.717, 1.165) is 17.5 Å². The van der Waals surface area contributed by atoms with Crippen molar-refractivity contribution < 1.29 is 9.59 Å². The van der Waals surface area contributed by atoms with Crippen LogP contribution in [0.25, 0.3) is 0 Å². The Morgan fingerprint density at radius 1 is 0.700 bits per heavy atom. The minimum atomic E-state index is -0.409. The molecule has 0 N–H and O–H groups in total. The van der Waals surface area contributed by atoms with Crippen LogP contribution in [0.2, 0.25) is 0 Å². The van der Waals surface area contributed by atoms with Crippen molar-refractivity contribution in [3.63, 3.8) is 0 Å². The highest BCUT2D eigenvalue weighted by molar-refractivity contribution is 6.00. The van der Waals surface area contributed by atoms with E-state index in [1.807, 2.05) is 59.7 Å². The molecule has 0 saturated carbocycles. The van der Waals surface area contributed by atoms with E-state index in [4.69, 9.17) is 0 Å². The van der Waals surface area contributed by atoms with Crippen LogP contribution in [0.5, 0.6) is 0 Å². The molecule has 0 bridgehead atoms. The Balaban J connectivity index is 2.09. The number of Topliss-reactive ketones (excluding diaryl/α,β-unsaturated/α-hetero) is 2. The molecule has 3 rings (SSSR count). The summed E-state index contributed by atoms with van der Waals surface area (Å²) < 4.78 is 0. The molecule has 2 nitrogen and oxygen atoms in total. The van der Waals surface area contributed by atoms with Gasteiger partial charge in [-0.05, 0) is 34.6 Å². The van der Waals surface area contributed by atoms with Crippen LogP contribution in [-0.2, 0) is 10.8 Å². The van der Waals surface area contributed by atoms with E-state index < -0.39 is 10.8 Å². The van der Waals surface area contributed by atoms with Crippen molar-refractivity contribution in [3.05, 3.63) is 70.3 Å². The molecule has 0 aliphatic heterocycles. The predicted molar refractivity (Wildman–Crippen MR) is 125 cm³/mol. The molecule has 160 valence electrons. The van der Waals surface area contributed by atoms with Gasteiger partial charge in [-0.15, -0.1) is 0 Å². The molecule has 0 spiro atoms. The summed E-state index contributed by atoms with van der Waals surface area (Å²) in [6, 6.07) is 14.4. The van der Waals surface area contributed by atoms with Crippen molar-refractivity contribution in [2.45, 2.75) is 79.6 Å². The number of hydrogen-bond acceptors (Lipinski definition) is 2. The monoisotopic (exact) mass is 404 g/mol. The fourth-order valence-corrected chi connectivity index (χ4v) is 4.92. The zero-order chi connectivity index (χ0) is 22.7. The molecule has 2 aromatic rings. The summed E-state index contributed by atoms with van der Waals surface area (Å²) in [6.45, 7) is 18.6. The van der Waals surface area contributed by atoms with Gasteiger partial charge in [-0.3, -0.25) is 9.59 Å². The van der Waals surface area contributed by atoms with Crippen molar-refractivity contribution in [2.75, 3.05) is 0 Å². The number of carbonyl (C=O) groups excluding carboxylic acids is 2. The van der Waals surface area contributed by atoms with Crippen LogP contribution in [0.1, 0.15) is 106 Å². The third kappa shape index (κ3) is 3.77. The minimum Gasteiger partial charge on any atom is -0.294 e. The third-order valence-corrected chi connectivity index (χ3v) is 6.55. The molecule has 1 aliphatic rings. The van der Waals surface area contributed by atoms with E-state index in [1.165, 1.54) is 16.7 Å². The molecule has 0 aromatic heterocycles. The van der Waals surface area contributed by atoms with E-state index in [-0.39, 0.29) is 22.4 Å². The van der Waals surface area contributed by atoms with Crippen LogP contribution in [0.3, 0.4) is 0 Å². The Kier molecular flexibility index (Phi) is 5.17. The molecule has 0 saturated heterocycles. The highest BCUT2D eigenvalue weighted by Gasteiger charge is 2.46. The quantitative estimate of drug-likeness (QED) is 0.510. The molecule has 0 fully saturated rings. The van der Waals surface area contributed by atoms with E-state index in [9.17, 15) is 9.59 Å². The first kappa shape index (κ1) is 22.5. The lowest BCUT2D eigenvalue weighted by Crippen LogP contribution is -2.25. The lowest BCUT2D eigenvalue weighted by atomic mass is 9.74. The second-order valence-electron chi connectivity index (χ2n) is 11.9. The van der Waals surface area contributed by atoms with E-state index in [2.05, 4.69) is 45.0 Å². The van der Waals surface area contributed by atoms with Gasteiger partial charge in [0.1, 0.15) is 0 Å². The first-order valence-corrected chi connectivity index (χ1v) is 10.9. The first-order valence-electron chi connectivity index (χ1n) is 10.9. The smallest absolute Gasteiger partial charge is 0.168 e. The molecule has 1 unspecified atom stereocenters. The number of fused-ring (bicyclic) bond motifs is 1. The Morgan fingerprint density at radius 3 is 1.67 bits per heavy atom. The van der Waals surface area contributed by atoms with Gasteiger partial charge >= 0.3 is 0 Å². The van der Waals surface area contributed by atoms with E-state index >= 15 is 0 Å². The molecule has 0 heterocycles. The Labute approximate surface area is 182 Å². The van der Waals surface area contributed by atoms with Crippen LogP contribution in [-0.4, -0.2) is 11.6 Å². The van der Waals surface area contributed by atoms with Crippen molar-refractivity contribution in [2.24, 2.45) is 10.8 Å². The second-order valence-corrected chi connectivity index (χ2v) is 11.9. The van der Waals surface area contributed by atoms with Crippen LogP contribution in [0, 0.1) is 10.8 Å². The van der Waals surface area contributed by atoms with Crippen molar-refractivity contribution >= 4 is 11.6 Å². The summed E-state index contributed by atoms with van der Waals surface area (Å²) in [5.41, 5.74) is 4.30. The number of hydrogen-bond donors (Lipinski definition) is 0. The maximum atomic E-state index is 13.0. The van der Waals surface area contributed by atoms with Crippen molar-refractivity contribution in [3.8, 4) is 0 Å². The van der Waals surface area contributed by atoms with Crippen molar-refractivity contribution in [1.29, 1.82) is 0 Å². The van der Waals surface area contributed by atoms with Gasteiger partial charge in [0.25, 0.3) is 0 Å². The lowest BCUT2D eigenvalue weighted by Gasteiger charge is -2.29. The zero-order valence-corrected chi connectivity index (χ0v) is 20.1. The lowest BCUT2D eigenvalue weighted by molar-refractivity contribution is 0.0852. The molecule has 1 aliphatic carbocycles. The number of ketones is 2. The average molecular weight is 405 g/mol. The number of benzene rings is 2. The minimum absolute atomic E-state index is 0.0211. The molecule has 2 aromatic carbocycles. The zero-order valence-electron chi connectivity index (χ0n) is 20.1. The van der Waals surface area contributed by atoms with Crippen LogP contribution >= 0.6 is 0 Å². The largest absolute Gasteiger partial charge is 0.294 e. The molecule has 30 heavy (non-hydrogen) atoms. The Morgan fingerprint density at radius 2 is 1.17 bits per heavy atom. The van der Waals surface area contributed by atoms with Gasteiger partial charge in [-0.1, -0.05) is 98.7 Å². The molecular formula is C28H36O2.